The summed E-state index contributed by atoms with van der Waals surface area (Å²) in [4.78, 5) is 14.6. The van der Waals surface area contributed by atoms with Crippen LogP contribution in [0.3, 0.4) is 0 Å². The van der Waals surface area contributed by atoms with E-state index in [0.29, 0.717) is 0 Å². The van der Waals surface area contributed by atoms with Crippen LogP contribution < -0.4 is 0 Å². The number of aliphatic carboxylic acids is 1. The first-order valence-corrected chi connectivity index (χ1v) is 5.26. The molecule has 0 aromatic carbocycles. The van der Waals surface area contributed by atoms with Gasteiger partial charge >= 0.3 is 5.97 Å². The van der Waals surface area contributed by atoms with Gasteiger partial charge in [-0.1, -0.05) is 6.08 Å². The molecule has 88 valence electrons. The molecule has 0 atom stereocenters. The van der Waals surface area contributed by atoms with Crippen molar-refractivity contribution in [1.82, 2.24) is 9.80 Å². The maximum absolute atomic E-state index is 10.6. The Labute approximate surface area is 92.2 Å². The molecule has 0 saturated carbocycles. The van der Waals surface area contributed by atoms with Gasteiger partial charge in [0.1, 0.15) is 0 Å². The van der Waals surface area contributed by atoms with E-state index in [-0.39, 0.29) is 6.54 Å². The van der Waals surface area contributed by atoms with Gasteiger partial charge in [0, 0.05) is 13.1 Å². The average molecular weight is 214 g/mol. The Bertz CT molecular complexity index is 193. The molecule has 0 unspecified atom stereocenters. The number of nitrogens with zero attached hydrogens (tertiary/aromatic N) is 2. The highest BCUT2D eigenvalue weighted by molar-refractivity contribution is 5.69. The van der Waals surface area contributed by atoms with Crippen molar-refractivity contribution >= 4 is 5.97 Å². The van der Waals surface area contributed by atoms with Gasteiger partial charge in [-0.2, -0.15) is 0 Å². The summed E-state index contributed by atoms with van der Waals surface area (Å²) in [5, 5.41) is 8.73. The van der Waals surface area contributed by atoms with Crippen molar-refractivity contribution in [3.05, 3.63) is 12.7 Å². The molecule has 0 aliphatic heterocycles. The van der Waals surface area contributed by atoms with Crippen LogP contribution >= 0.6 is 0 Å². The number of rotatable bonds is 9. The van der Waals surface area contributed by atoms with Crippen LogP contribution in [0.2, 0.25) is 0 Å². The predicted molar refractivity (Wildman–Crippen MR) is 62.1 cm³/mol. The van der Waals surface area contributed by atoms with Crippen LogP contribution in [0.25, 0.3) is 0 Å². The number of carbonyl (C=O) groups is 1. The summed E-state index contributed by atoms with van der Waals surface area (Å²) in [6.07, 6.45) is 3.78. The van der Waals surface area contributed by atoms with Crippen LogP contribution in [-0.4, -0.2) is 61.2 Å². The van der Waals surface area contributed by atoms with E-state index in [0.717, 1.165) is 32.5 Å². The van der Waals surface area contributed by atoms with Gasteiger partial charge in [-0.25, -0.2) is 0 Å². The second-order valence-electron chi connectivity index (χ2n) is 3.90. The molecule has 0 aliphatic rings. The van der Waals surface area contributed by atoms with E-state index in [2.05, 4.69) is 11.5 Å². The summed E-state index contributed by atoms with van der Waals surface area (Å²) in [6, 6.07) is 0. The molecule has 0 bridgehead atoms. The third-order valence-electron chi connectivity index (χ3n) is 2.10. The highest BCUT2D eigenvalue weighted by Gasteiger charge is 2.08. The Hall–Kier alpha value is -0.870. The van der Waals surface area contributed by atoms with Crippen molar-refractivity contribution in [3.8, 4) is 0 Å². The first-order valence-electron chi connectivity index (χ1n) is 5.26. The minimum Gasteiger partial charge on any atom is -0.480 e. The second-order valence-corrected chi connectivity index (χ2v) is 3.90. The summed E-state index contributed by atoms with van der Waals surface area (Å²) in [7, 11) is 3.98. The summed E-state index contributed by atoms with van der Waals surface area (Å²) in [5.41, 5.74) is 0. The molecule has 0 amide bonds. The number of likely N-dealkylation sites (N-methyl/N-ethyl adjacent to an activating group) is 1. The van der Waals surface area contributed by atoms with Crippen molar-refractivity contribution in [2.24, 2.45) is 0 Å². The largest absolute Gasteiger partial charge is 0.480 e. The van der Waals surface area contributed by atoms with E-state index in [9.17, 15) is 4.79 Å². The van der Waals surface area contributed by atoms with E-state index in [1.54, 1.807) is 0 Å². The Morgan fingerprint density at radius 2 is 2.00 bits per heavy atom. The minimum absolute atomic E-state index is 0.130. The highest BCUT2D eigenvalue weighted by atomic mass is 16.4. The second kappa shape index (κ2) is 8.44. The molecule has 0 spiro atoms. The molecule has 0 rings (SSSR count). The molecule has 0 radical (unpaired) electrons. The smallest absolute Gasteiger partial charge is 0.317 e. The maximum Gasteiger partial charge on any atom is 0.317 e. The lowest BCUT2D eigenvalue weighted by molar-refractivity contribution is -0.138. The SMILES string of the molecule is C=CCCCN(CCN(C)C)CC(=O)O. The number of carboxylic acid groups (broad SMARTS) is 1. The number of allylic oxidation sites excluding steroid dienone is 1. The van der Waals surface area contributed by atoms with Crippen molar-refractivity contribution in [3.63, 3.8) is 0 Å². The molecule has 0 aliphatic carbocycles. The normalized spacial score (nSPS) is 10.9. The molecule has 4 heteroatoms. The average Bonchev–Trinajstić information content (AvgIpc) is 2.13. The molecule has 0 aromatic heterocycles. The van der Waals surface area contributed by atoms with Gasteiger partial charge < -0.3 is 10.0 Å². The van der Waals surface area contributed by atoms with Gasteiger partial charge in [-0.3, -0.25) is 9.69 Å². The molecule has 1 N–H and O–H groups in total. The fraction of sp³-hybridized carbons (Fsp3) is 0.727. The van der Waals surface area contributed by atoms with Gasteiger partial charge in [0.2, 0.25) is 0 Å². The van der Waals surface area contributed by atoms with E-state index >= 15 is 0 Å². The molecule has 0 saturated heterocycles. The summed E-state index contributed by atoms with van der Waals surface area (Å²) >= 11 is 0. The zero-order valence-corrected chi connectivity index (χ0v) is 9.78. The monoisotopic (exact) mass is 214 g/mol. The highest BCUT2D eigenvalue weighted by Crippen LogP contribution is 1.96. The predicted octanol–water partition coefficient (Wildman–Crippen LogP) is 0.901. The number of unbranched alkanes of at least 4 members (excludes halogenated alkanes) is 1. The van der Waals surface area contributed by atoms with Crippen LogP contribution in [-0.2, 0) is 4.79 Å². The van der Waals surface area contributed by atoms with E-state index in [4.69, 9.17) is 5.11 Å². The third kappa shape index (κ3) is 9.43. The fourth-order valence-corrected chi connectivity index (χ4v) is 1.26. The number of carboxylic acids is 1. The van der Waals surface area contributed by atoms with Crippen molar-refractivity contribution in [2.75, 3.05) is 40.3 Å². The van der Waals surface area contributed by atoms with Crippen molar-refractivity contribution in [2.45, 2.75) is 12.8 Å². The summed E-state index contributed by atoms with van der Waals surface area (Å²) < 4.78 is 0. The quantitative estimate of drug-likeness (QED) is 0.457. The van der Waals surface area contributed by atoms with E-state index < -0.39 is 5.97 Å². The molecule has 0 aromatic rings. The van der Waals surface area contributed by atoms with Gasteiger partial charge in [-0.15, -0.1) is 6.58 Å². The summed E-state index contributed by atoms with van der Waals surface area (Å²) in [6.45, 7) is 6.30. The Kier molecular flexibility index (Phi) is 7.95. The first-order chi connectivity index (χ1) is 7.06. The van der Waals surface area contributed by atoms with Gasteiger partial charge in [-0.05, 0) is 33.5 Å². The Morgan fingerprint density at radius 3 is 2.47 bits per heavy atom. The van der Waals surface area contributed by atoms with E-state index in [1.807, 2.05) is 25.1 Å². The molecule has 4 nitrogen and oxygen atoms in total. The molecular formula is C11H22N2O2. The maximum atomic E-state index is 10.6. The first kappa shape index (κ1) is 14.1. The van der Waals surface area contributed by atoms with E-state index in [1.165, 1.54) is 0 Å². The zero-order valence-electron chi connectivity index (χ0n) is 9.78. The third-order valence-corrected chi connectivity index (χ3v) is 2.10. The molecule has 0 fully saturated rings. The standard InChI is InChI=1S/C11H22N2O2/c1-4-5-6-7-13(10-11(14)15)9-8-12(2)3/h4H,1,5-10H2,2-3H3,(H,14,15). The fourth-order valence-electron chi connectivity index (χ4n) is 1.26. The Balaban J connectivity index is 3.83. The van der Waals surface area contributed by atoms with Crippen LogP contribution in [0.15, 0.2) is 12.7 Å². The number of hydrogen-bond donors (Lipinski definition) is 1. The zero-order chi connectivity index (χ0) is 11.7. The van der Waals surface area contributed by atoms with Crippen LogP contribution in [0, 0.1) is 0 Å². The molecule has 0 heterocycles. The topological polar surface area (TPSA) is 43.8 Å². The number of hydrogen-bond acceptors (Lipinski definition) is 3. The Morgan fingerprint density at radius 1 is 1.33 bits per heavy atom. The minimum atomic E-state index is -0.757. The van der Waals surface area contributed by atoms with Crippen LogP contribution in [0.4, 0.5) is 0 Å². The molecular weight excluding hydrogens is 192 g/mol. The van der Waals surface area contributed by atoms with Crippen molar-refractivity contribution < 1.29 is 9.90 Å². The lowest BCUT2D eigenvalue weighted by Gasteiger charge is -2.21. The van der Waals surface area contributed by atoms with Gasteiger partial charge in [0.15, 0.2) is 0 Å². The molecule has 15 heavy (non-hydrogen) atoms. The van der Waals surface area contributed by atoms with Gasteiger partial charge in [0.25, 0.3) is 0 Å². The van der Waals surface area contributed by atoms with Crippen LogP contribution in [0.5, 0.6) is 0 Å². The van der Waals surface area contributed by atoms with Crippen molar-refractivity contribution in [1.29, 1.82) is 0 Å². The summed E-state index contributed by atoms with van der Waals surface area (Å²) in [5.74, 6) is -0.757. The van der Waals surface area contributed by atoms with Crippen LogP contribution in [0.1, 0.15) is 12.8 Å². The lowest BCUT2D eigenvalue weighted by atomic mass is 10.3. The lowest BCUT2D eigenvalue weighted by Crippen LogP contribution is -2.36. The van der Waals surface area contributed by atoms with Gasteiger partial charge in [0.05, 0.1) is 6.54 Å².